The number of esters is 1. The number of anilines is 2. The summed E-state index contributed by atoms with van der Waals surface area (Å²) in [6.45, 7) is 3.21. The molecule has 0 saturated heterocycles. The van der Waals surface area contributed by atoms with Crippen LogP contribution in [0.5, 0.6) is 0 Å². The van der Waals surface area contributed by atoms with Crippen LogP contribution in [-0.2, 0) is 32.4 Å². The molecule has 174 valence electrons. The summed E-state index contributed by atoms with van der Waals surface area (Å²) in [5.41, 5.74) is 1.57. The highest BCUT2D eigenvalue weighted by molar-refractivity contribution is 7.93. The van der Waals surface area contributed by atoms with E-state index in [4.69, 9.17) is 4.74 Å². The van der Waals surface area contributed by atoms with Crippen molar-refractivity contribution in [2.45, 2.75) is 50.5 Å². The molecule has 1 unspecified atom stereocenters. The van der Waals surface area contributed by atoms with Crippen molar-refractivity contribution in [2.24, 2.45) is 0 Å². The maximum Gasteiger partial charge on any atom is 0.349 e. The minimum atomic E-state index is -3.83. The Kier molecular flexibility index (Phi) is 6.77. The Balaban J connectivity index is 1.35. The fourth-order valence-electron chi connectivity index (χ4n) is 3.34. The van der Waals surface area contributed by atoms with E-state index in [2.05, 4.69) is 20.2 Å². The average Bonchev–Trinajstić information content (AvgIpc) is 3.39. The van der Waals surface area contributed by atoms with Gasteiger partial charge >= 0.3 is 5.97 Å². The molecule has 1 aliphatic carbocycles. The van der Waals surface area contributed by atoms with Crippen LogP contribution in [0.3, 0.4) is 0 Å². The third kappa shape index (κ3) is 5.57. The number of carbonyl (C=O) groups is 2. The lowest BCUT2D eigenvalue weighted by molar-refractivity contribution is -0.123. The number of ether oxygens (including phenoxy) is 1. The van der Waals surface area contributed by atoms with Crippen LogP contribution in [0, 0.1) is 6.92 Å². The SMILES string of the molecule is Cc1nnc(NS(=O)(=O)c2ccc(NC(=O)C(C)OC(=O)c3cc4c(s3)CCCC4)cc2)s1. The second-order valence-corrected chi connectivity index (χ2v) is 11.6. The summed E-state index contributed by atoms with van der Waals surface area (Å²) in [4.78, 5) is 26.7. The maximum absolute atomic E-state index is 12.5. The van der Waals surface area contributed by atoms with Crippen LogP contribution < -0.4 is 10.0 Å². The van der Waals surface area contributed by atoms with Gasteiger partial charge in [0.2, 0.25) is 5.13 Å². The lowest BCUT2D eigenvalue weighted by atomic mass is 9.99. The number of hydrogen-bond acceptors (Lipinski definition) is 9. The van der Waals surface area contributed by atoms with Crippen LogP contribution in [0.25, 0.3) is 0 Å². The summed E-state index contributed by atoms with van der Waals surface area (Å²) < 4.78 is 32.6. The van der Waals surface area contributed by atoms with Crippen molar-refractivity contribution in [2.75, 3.05) is 10.0 Å². The average molecular weight is 507 g/mol. The Bertz CT molecular complexity index is 1260. The molecule has 0 saturated carbocycles. The molecule has 0 bridgehead atoms. The number of fused-ring (bicyclic) bond motifs is 1. The van der Waals surface area contributed by atoms with E-state index in [0.29, 0.717) is 15.6 Å². The van der Waals surface area contributed by atoms with Crippen molar-refractivity contribution in [1.82, 2.24) is 10.2 Å². The predicted molar refractivity (Wildman–Crippen MR) is 126 cm³/mol. The third-order valence-corrected chi connectivity index (χ3v) is 8.49. The number of aromatic nitrogens is 2. The van der Waals surface area contributed by atoms with E-state index in [-0.39, 0.29) is 10.0 Å². The summed E-state index contributed by atoms with van der Waals surface area (Å²) in [6.07, 6.45) is 3.18. The van der Waals surface area contributed by atoms with Crippen molar-refractivity contribution >= 4 is 55.4 Å². The molecule has 9 nitrogen and oxygen atoms in total. The van der Waals surface area contributed by atoms with Crippen molar-refractivity contribution in [3.8, 4) is 0 Å². The molecule has 0 spiro atoms. The molecule has 1 atom stereocenters. The Labute approximate surface area is 199 Å². The zero-order valence-electron chi connectivity index (χ0n) is 18.0. The van der Waals surface area contributed by atoms with Crippen LogP contribution in [-0.4, -0.2) is 36.6 Å². The summed E-state index contributed by atoms with van der Waals surface area (Å²) in [5, 5.41) is 11.0. The number of benzene rings is 1. The maximum atomic E-state index is 12.5. The molecule has 33 heavy (non-hydrogen) atoms. The van der Waals surface area contributed by atoms with Gasteiger partial charge in [0.1, 0.15) is 9.88 Å². The molecule has 1 aliphatic rings. The highest BCUT2D eigenvalue weighted by atomic mass is 32.2. The number of aryl methyl sites for hydroxylation is 3. The normalized spacial score (nSPS) is 14.2. The van der Waals surface area contributed by atoms with Crippen LogP contribution in [0.15, 0.2) is 35.2 Å². The van der Waals surface area contributed by atoms with Gasteiger partial charge in [0.25, 0.3) is 15.9 Å². The van der Waals surface area contributed by atoms with E-state index in [1.807, 2.05) is 6.07 Å². The first-order chi connectivity index (χ1) is 15.7. The van der Waals surface area contributed by atoms with Gasteiger partial charge in [-0.1, -0.05) is 11.3 Å². The number of sulfonamides is 1. The minimum Gasteiger partial charge on any atom is -0.448 e. The predicted octanol–water partition coefficient (Wildman–Crippen LogP) is 3.77. The van der Waals surface area contributed by atoms with Gasteiger partial charge in [0.15, 0.2) is 6.10 Å². The molecule has 2 N–H and O–H groups in total. The van der Waals surface area contributed by atoms with E-state index in [0.717, 1.165) is 37.0 Å². The molecule has 4 rings (SSSR count). The summed E-state index contributed by atoms with van der Waals surface area (Å²) in [6, 6.07) is 7.50. The van der Waals surface area contributed by atoms with Crippen LogP contribution in [0.1, 0.15) is 44.9 Å². The van der Waals surface area contributed by atoms with Crippen molar-refractivity contribution in [3.05, 3.63) is 50.7 Å². The Morgan fingerprint density at radius 3 is 2.48 bits per heavy atom. The Morgan fingerprint density at radius 2 is 1.82 bits per heavy atom. The fraction of sp³-hybridized carbons (Fsp3) is 0.333. The first-order valence-corrected chi connectivity index (χ1v) is 13.4. The molecular weight excluding hydrogens is 484 g/mol. The molecule has 2 heterocycles. The van der Waals surface area contributed by atoms with Gasteiger partial charge in [-0.2, -0.15) is 0 Å². The van der Waals surface area contributed by atoms with Gasteiger partial charge in [-0.15, -0.1) is 21.5 Å². The third-order valence-electron chi connectivity index (χ3n) is 5.03. The largest absolute Gasteiger partial charge is 0.448 e. The smallest absolute Gasteiger partial charge is 0.349 e. The van der Waals surface area contributed by atoms with Gasteiger partial charge in [-0.05, 0) is 75.4 Å². The van der Waals surface area contributed by atoms with Gasteiger partial charge in [0.05, 0.1) is 4.90 Å². The first-order valence-electron chi connectivity index (χ1n) is 10.3. The Morgan fingerprint density at radius 1 is 1.09 bits per heavy atom. The quantitative estimate of drug-likeness (QED) is 0.467. The van der Waals surface area contributed by atoms with E-state index in [1.54, 1.807) is 6.92 Å². The highest BCUT2D eigenvalue weighted by Gasteiger charge is 2.23. The molecule has 0 aliphatic heterocycles. The number of hydrogen-bond donors (Lipinski definition) is 2. The molecule has 3 aromatic rings. The van der Waals surface area contributed by atoms with Gasteiger partial charge in [-0.3, -0.25) is 9.52 Å². The fourth-order valence-corrected chi connectivity index (χ4v) is 6.29. The van der Waals surface area contributed by atoms with Crippen molar-refractivity contribution in [1.29, 1.82) is 0 Å². The van der Waals surface area contributed by atoms with Crippen molar-refractivity contribution < 1.29 is 22.7 Å². The molecule has 12 heteroatoms. The monoisotopic (exact) mass is 506 g/mol. The highest BCUT2D eigenvalue weighted by Crippen LogP contribution is 2.30. The molecule has 1 aromatic carbocycles. The van der Waals surface area contributed by atoms with E-state index in [1.165, 1.54) is 53.0 Å². The number of carbonyl (C=O) groups excluding carboxylic acids is 2. The zero-order valence-corrected chi connectivity index (χ0v) is 20.4. The number of amides is 1. The molecule has 0 fully saturated rings. The second-order valence-electron chi connectivity index (χ2n) is 7.56. The number of rotatable bonds is 7. The number of nitrogens with zero attached hydrogens (tertiary/aromatic N) is 2. The van der Waals surface area contributed by atoms with Crippen LogP contribution >= 0.6 is 22.7 Å². The minimum absolute atomic E-state index is 0.00879. The lowest BCUT2D eigenvalue weighted by Gasteiger charge is -2.13. The van der Waals surface area contributed by atoms with E-state index in [9.17, 15) is 18.0 Å². The topological polar surface area (TPSA) is 127 Å². The standard InChI is InChI=1S/C21H22N4O5S3/c1-12(30-20(27)18-11-14-5-3-4-6-17(14)32-18)19(26)22-15-7-9-16(10-8-15)33(28,29)25-21-24-23-13(2)31-21/h7-12H,3-6H2,1-2H3,(H,22,26)(H,24,25). The Hall–Kier alpha value is -2.83. The number of thiophene rings is 1. The molecule has 0 radical (unpaired) electrons. The summed E-state index contributed by atoms with van der Waals surface area (Å²) in [5.74, 6) is -1.03. The second kappa shape index (κ2) is 9.57. The van der Waals surface area contributed by atoms with Crippen molar-refractivity contribution in [3.63, 3.8) is 0 Å². The van der Waals surface area contributed by atoms with Crippen LogP contribution in [0.4, 0.5) is 10.8 Å². The molecule has 2 aromatic heterocycles. The number of nitrogens with one attached hydrogen (secondary N) is 2. The van der Waals surface area contributed by atoms with Gasteiger partial charge in [-0.25, -0.2) is 13.2 Å². The molecular formula is C21H22N4O5S3. The van der Waals surface area contributed by atoms with E-state index >= 15 is 0 Å². The van der Waals surface area contributed by atoms with Crippen LogP contribution in [0.2, 0.25) is 0 Å². The van der Waals surface area contributed by atoms with Gasteiger partial charge in [0, 0.05) is 10.6 Å². The lowest BCUT2D eigenvalue weighted by Crippen LogP contribution is -2.29. The zero-order chi connectivity index (χ0) is 23.6. The summed E-state index contributed by atoms with van der Waals surface area (Å²) >= 11 is 2.55. The summed E-state index contributed by atoms with van der Waals surface area (Å²) in [7, 11) is -3.83. The van der Waals surface area contributed by atoms with Gasteiger partial charge < -0.3 is 10.1 Å². The van der Waals surface area contributed by atoms with E-state index < -0.39 is 28.0 Å². The first kappa shape index (κ1) is 23.3. The molecule has 1 amide bonds.